The van der Waals surface area contributed by atoms with Crippen LogP contribution in [0.3, 0.4) is 0 Å². The Balaban J connectivity index is 1.91. The first-order valence-electron chi connectivity index (χ1n) is 8.54. The predicted octanol–water partition coefficient (Wildman–Crippen LogP) is 3.48. The van der Waals surface area contributed by atoms with Crippen molar-refractivity contribution in [3.63, 3.8) is 0 Å². The summed E-state index contributed by atoms with van der Waals surface area (Å²) in [5.41, 5.74) is 1.32. The number of nitrogens with one attached hydrogen (secondary N) is 1. The molecule has 2 aromatic carbocycles. The molecule has 0 heterocycles. The smallest absolute Gasteiger partial charge is 0.308 e. The van der Waals surface area contributed by atoms with E-state index in [1.165, 1.54) is 12.1 Å². The predicted molar refractivity (Wildman–Crippen MR) is 101 cm³/mol. The molecule has 1 amide bonds. The summed E-state index contributed by atoms with van der Waals surface area (Å²) >= 11 is 5.90. The first-order valence-corrected chi connectivity index (χ1v) is 8.92. The summed E-state index contributed by atoms with van der Waals surface area (Å²) in [6.45, 7) is 2.43. The Morgan fingerprint density at radius 1 is 1.22 bits per heavy atom. The van der Waals surface area contributed by atoms with Crippen LogP contribution in [-0.4, -0.2) is 30.1 Å². The number of carbonyl (C=O) groups excluding carboxylic acids is 1. The molecule has 0 saturated carbocycles. The number of rotatable bonds is 9. The van der Waals surface area contributed by atoms with Crippen molar-refractivity contribution < 1.29 is 23.8 Å². The van der Waals surface area contributed by atoms with E-state index in [4.69, 9.17) is 16.3 Å². The maximum Gasteiger partial charge on any atom is 0.308 e. The zero-order valence-corrected chi connectivity index (χ0v) is 15.6. The van der Waals surface area contributed by atoms with Gasteiger partial charge in [0.15, 0.2) is 0 Å². The van der Waals surface area contributed by atoms with Crippen LogP contribution in [-0.2, 0) is 22.4 Å². The summed E-state index contributed by atoms with van der Waals surface area (Å²) in [6, 6.07) is 11.0. The molecule has 5 nitrogen and oxygen atoms in total. The summed E-state index contributed by atoms with van der Waals surface area (Å²) < 4.78 is 18.4. The van der Waals surface area contributed by atoms with Crippen molar-refractivity contribution in [2.45, 2.75) is 19.8 Å². The average Bonchev–Trinajstić information content (AvgIpc) is 2.62. The van der Waals surface area contributed by atoms with Crippen molar-refractivity contribution in [1.82, 2.24) is 5.32 Å². The Morgan fingerprint density at radius 3 is 2.52 bits per heavy atom. The molecule has 1 atom stereocenters. The van der Waals surface area contributed by atoms with Crippen molar-refractivity contribution in [2.75, 3.05) is 13.2 Å². The van der Waals surface area contributed by atoms with Gasteiger partial charge < -0.3 is 15.2 Å². The third-order valence-corrected chi connectivity index (χ3v) is 4.33. The van der Waals surface area contributed by atoms with E-state index in [2.05, 4.69) is 5.32 Å². The zero-order valence-electron chi connectivity index (χ0n) is 14.9. The first-order chi connectivity index (χ1) is 12.9. The molecule has 0 spiro atoms. The molecule has 0 radical (unpaired) electrons. The van der Waals surface area contributed by atoms with Crippen LogP contribution in [0.2, 0.25) is 5.02 Å². The molecule has 0 aliphatic heterocycles. The Morgan fingerprint density at radius 2 is 1.93 bits per heavy atom. The maximum absolute atomic E-state index is 13.0. The van der Waals surface area contributed by atoms with Gasteiger partial charge >= 0.3 is 5.97 Å². The number of carbonyl (C=O) groups is 2. The van der Waals surface area contributed by atoms with E-state index >= 15 is 0 Å². The second kappa shape index (κ2) is 9.92. The van der Waals surface area contributed by atoms with Gasteiger partial charge in [0.1, 0.15) is 11.6 Å². The number of carboxylic acid groups (broad SMARTS) is 1. The highest BCUT2D eigenvalue weighted by Gasteiger charge is 2.19. The second-order valence-corrected chi connectivity index (χ2v) is 6.44. The number of hydrogen-bond donors (Lipinski definition) is 2. The van der Waals surface area contributed by atoms with Crippen LogP contribution in [0.5, 0.6) is 5.75 Å². The minimum Gasteiger partial charge on any atom is -0.494 e. The van der Waals surface area contributed by atoms with Gasteiger partial charge in [0.2, 0.25) is 5.91 Å². The maximum atomic E-state index is 13.0. The molecule has 144 valence electrons. The van der Waals surface area contributed by atoms with E-state index in [1.807, 2.05) is 6.92 Å². The Kier molecular flexibility index (Phi) is 7.61. The van der Waals surface area contributed by atoms with Gasteiger partial charge in [-0.05, 0) is 48.7 Å². The van der Waals surface area contributed by atoms with Crippen LogP contribution >= 0.6 is 11.6 Å². The highest BCUT2D eigenvalue weighted by molar-refractivity contribution is 6.31. The van der Waals surface area contributed by atoms with Gasteiger partial charge in [-0.15, -0.1) is 0 Å². The minimum atomic E-state index is -0.996. The van der Waals surface area contributed by atoms with Gasteiger partial charge in [-0.2, -0.15) is 0 Å². The Labute approximate surface area is 162 Å². The highest BCUT2D eigenvalue weighted by atomic mass is 35.5. The highest BCUT2D eigenvalue weighted by Crippen LogP contribution is 2.18. The van der Waals surface area contributed by atoms with Crippen molar-refractivity contribution in [3.8, 4) is 5.75 Å². The van der Waals surface area contributed by atoms with Crippen molar-refractivity contribution in [1.29, 1.82) is 0 Å². The lowest BCUT2D eigenvalue weighted by Crippen LogP contribution is -2.35. The Bertz CT molecular complexity index is 795. The third kappa shape index (κ3) is 6.57. The summed E-state index contributed by atoms with van der Waals surface area (Å²) in [7, 11) is 0. The molecule has 0 aromatic heterocycles. The van der Waals surface area contributed by atoms with Crippen molar-refractivity contribution >= 4 is 23.5 Å². The SMILES string of the molecule is CCOc1ccc(CC(CNC(=O)Cc2ccc(F)cc2Cl)C(=O)O)cc1. The number of halogens is 2. The van der Waals surface area contributed by atoms with Crippen LogP contribution in [0.15, 0.2) is 42.5 Å². The standard InChI is InChI=1S/C20H21ClFNO4/c1-2-27-17-7-3-13(4-8-17)9-15(20(25)26)12-23-19(24)10-14-5-6-16(22)11-18(14)21/h3-8,11,15H,2,9-10,12H2,1H3,(H,23,24)(H,25,26). The number of carboxylic acids is 1. The topological polar surface area (TPSA) is 75.6 Å². The minimum absolute atomic E-state index is 0.0137. The Hall–Kier alpha value is -2.60. The summed E-state index contributed by atoms with van der Waals surface area (Å²) in [4.78, 5) is 23.6. The van der Waals surface area contributed by atoms with Gasteiger partial charge in [-0.25, -0.2) is 4.39 Å². The van der Waals surface area contributed by atoms with E-state index in [0.29, 0.717) is 12.2 Å². The molecule has 27 heavy (non-hydrogen) atoms. The lowest BCUT2D eigenvalue weighted by atomic mass is 9.99. The van der Waals surface area contributed by atoms with E-state index < -0.39 is 17.7 Å². The fourth-order valence-electron chi connectivity index (χ4n) is 2.56. The average molecular weight is 394 g/mol. The number of ether oxygens (including phenoxy) is 1. The van der Waals surface area contributed by atoms with Gasteiger partial charge in [-0.3, -0.25) is 9.59 Å². The van der Waals surface area contributed by atoms with Crippen LogP contribution < -0.4 is 10.1 Å². The largest absolute Gasteiger partial charge is 0.494 e. The normalized spacial score (nSPS) is 11.7. The molecule has 0 bridgehead atoms. The number of aliphatic carboxylic acids is 1. The van der Waals surface area contributed by atoms with E-state index in [1.54, 1.807) is 24.3 Å². The molecule has 0 aliphatic carbocycles. The monoisotopic (exact) mass is 393 g/mol. The molecule has 0 saturated heterocycles. The molecule has 2 rings (SSSR count). The van der Waals surface area contributed by atoms with E-state index in [9.17, 15) is 19.1 Å². The number of benzene rings is 2. The summed E-state index contributed by atoms with van der Waals surface area (Å²) in [5, 5.41) is 12.2. The van der Waals surface area contributed by atoms with Crippen molar-refractivity contribution in [3.05, 3.63) is 64.4 Å². The quantitative estimate of drug-likeness (QED) is 0.684. The van der Waals surface area contributed by atoms with E-state index in [0.717, 1.165) is 17.4 Å². The fraction of sp³-hybridized carbons (Fsp3) is 0.300. The molecule has 0 fully saturated rings. The lowest BCUT2D eigenvalue weighted by Gasteiger charge is -2.14. The second-order valence-electron chi connectivity index (χ2n) is 6.03. The van der Waals surface area contributed by atoms with E-state index in [-0.39, 0.29) is 30.3 Å². The van der Waals surface area contributed by atoms with Crippen LogP contribution in [0.4, 0.5) is 4.39 Å². The van der Waals surface area contributed by atoms with Gasteiger partial charge in [0, 0.05) is 11.6 Å². The van der Waals surface area contributed by atoms with Crippen LogP contribution in [0.25, 0.3) is 0 Å². The molecule has 2 N–H and O–H groups in total. The lowest BCUT2D eigenvalue weighted by molar-refractivity contribution is -0.141. The molecule has 1 unspecified atom stereocenters. The number of amides is 1. The van der Waals surface area contributed by atoms with Crippen molar-refractivity contribution in [2.24, 2.45) is 5.92 Å². The first kappa shape index (κ1) is 20.7. The van der Waals surface area contributed by atoms with Crippen LogP contribution in [0, 0.1) is 11.7 Å². The molecular formula is C20H21ClFNO4. The van der Waals surface area contributed by atoms with Crippen LogP contribution in [0.1, 0.15) is 18.1 Å². The van der Waals surface area contributed by atoms with Gasteiger partial charge in [-0.1, -0.05) is 29.8 Å². The van der Waals surface area contributed by atoms with Gasteiger partial charge in [0.25, 0.3) is 0 Å². The molecule has 7 heteroatoms. The summed E-state index contributed by atoms with van der Waals surface area (Å²) in [5.74, 6) is -1.90. The summed E-state index contributed by atoms with van der Waals surface area (Å²) in [6.07, 6.45) is 0.230. The molecule has 0 aliphatic rings. The fourth-order valence-corrected chi connectivity index (χ4v) is 2.79. The zero-order chi connectivity index (χ0) is 19.8. The number of hydrogen-bond acceptors (Lipinski definition) is 3. The molecule has 2 aromatic rings. The molecular weight excluding hydrogens is 373 g/mol. The third-order valence-electron chi connectivity index (χ3n) is 3.98. The van der Waals surface area contributed by atoms with Gasteiger partial charge in [0.05, 0.1) is 18.9 Å².